The zero-order valence-corrected chi connectivity index (χ0v) is 9.24. The highest BCUT2D eigenvalue weighted by molar-refractivity contribution is 5.73. The lowest BCUT2D eigenvalue weighted by Crippen LogP contribution is -2.40. The van der Waals surface area contributed by atoms with Crippen molar-refractivity contribution in [3.63, 3.8) is 0 Å². The Hall–Kier alpha value is -1.36. The monoisotopic (exact) mass is 211 g/mol. The minimum Gasteiger partial charge on any atom is -0.480 e. The number of aromatic amines is 1. The van der Waals surface area contributed by atoms with Gasteiger partial charge < -0.3 is 5.11 Å². The molecule has 3 N–H and O–H groups in total. The average molecular weight is 211 g/mol. The number of aryl methyl sites for hydroxylation is 1. The van der Waals surface area contributed by atoms with Crippen molar-refractivity contribution in [2.24, 2.45) is 5.92 Å². The van der Waals surface area contributed by atoms with Crippen LogP contribution in [0.4, 0.5) is 0 Å². The molecule has 1 unspecified atom stereocenters. The standard InChI is InChI=1S/C10H17N3O2/c1-6(2)9(10(14)15)11-4-8-5-12-13-7(8)3/h5-6,9,11H,4H2,1-3H3,(H,12,13)(H,14,15). The summed E-state index contributed by atoms with van der Waals surface area (Å²) < 4.78 is 0. The Kier molecular flexibility index (Phi) is 3.85. The summed E-state index contributed by atoms with van der Waals surface area (Å²) in [5, 5.41) is 18.6. The molecular formula is C10H17N3O2. The van der Waals surface area contributed by atoms with Crippen LogP contribution in [0.1, 0.15) is 25.1 Å². The molecule has 1 aromatic heterocycles. The quantitative estimate of drug-likeness (QED) is 0.676. The van der Waals surface area contributed by atoms with Crippen molar-refractivity contribution in [2.75, 3.05) is 0 Å². The average Bonchev–Trinajstić information content (AvgIpc) is 2.51. The highest BCUT2D eigenvalue weighted by Crippen LogP contribution is 2.06. The number of carboxylic acid groups (broad SMARTS) is 1. The molecule has 0 spiro atoms. The van der Waals surface area contributed by atoms with Gasteiger partial charge >= 0.3 is 5.97 Å². The maximum absolute atomic E-state index is 10.9. The molecule has 84 valence electrons. The highest BCUT2D eigenvalue weighted by atomic mass is 16.4. The van der Waals surface area contributed by atoms with Gasteiger partial charge in [-0.1, -0.05) is 13.8 Å². The molecule has 0 aliphatic rings. The van der Waals surface area contributed by atoms with E-state index in [-0.39, 0.29) is 5.92 Å². The number of nitrogens with zero attached hydrogens (tertiary/aromatic N) is 1. The van der Waals surface area contributed by atoms with Gasteiger partial charge in [0.15, 0.2) is 0 Å². The number of aromatic nitrogens is 2. The molecule has 0 radical (unpaired) electrons. The third-order valence-corrected chi connectivity index (χ3v) is 2.38. The zero-order chi connectivity index (χ0) is 11.4. The Morgan fingerprint density at radius 3 is 2.73 bits per heavy atom. The van der Waals surface area contributed by atoms with Crippen LogP contribution in [0, 0.1) is 12.8 Å². The number of carboxylic acids is 1. The fourth-order valence-electron chi connectivity index (χ4n) is 1.38. The first-order valence-electron chi connectivity index (χ1n) is 4.97. The number of aliphatic carboxylic acids is 1. The van der Waals surface area contributed by atoms with Gasteiger partial charge in [-0.3, -0.25) is 15.2 Å². The van der Waals surface area contributed by atoms with E-state index in [0.29, 0.717) is 6.54 Å². The number of nitrogens with one attached hydrogen (secondary N) is 2. The third kappa shape index (κ3) is 3.06. The molecule has 1 atom stereocenters. The van der Waals surface area contributed by atoms with E-state index in [0.717, 1.165) is 11.3 Å². The number of hydrogen-bond donors (Lipinski definition) is 3. The van der Waals surface area contributed by atoms with Gasteiger partial charge in [-0.2, -0.15) is 5.10 Å². The molecule has 1 aromatic rings. The zero-order valence-electron chi connectivity index (χ0n) is 9.24. The van der Waals surface area contributed by atoms with Crippen LogP contribution in [0.2, 0.25) is 0 Å². The van der Waals surface area contributed by atoms with Gasteiger partial charge in [0, 0.05) is 17.8 Å². The van der Waals surface area contributed by atoms with Crippen molar-refractivity contribution < 1.29 is 9.90 Å². The van der Waals surface area contributed by atoms with Crippen molar-refractivity contribution in [1.82, 2.24) is 15.5 Å². The summed E-state index contributed by atoms with van der Waals surface area (Å²) in [4.78, 5) is 10.9. The van der Waals surface area contributed by atoms with E-state index in [2.05, 4.69) is 15.5 Å². The molecule has 0 aromatic carbocycles. The summed E-state index contributed by atoms with van der Waals surface area (Å²) in [5.74, 6) is -0.749. The topological polar surface area (TPSA) is 78.0 Å². The number of rotatable bonds is 5. The van der Waals surface area contributed by atoms with Gasteiger partial charge in [-0.25, -0.2) is 0 Å². The fourth-order valence-corrected chi connectivity index (χ4v) is 1.38. The Labute approximate surface area is 88.9 Å². The first-order valence-corrected chi connectivity index (χ1v) is 4.97. The van der Waals surface area contributed by atoms with E-state index in [9.17, 15) is 4.79 Å². The van der Waals surface area contributed by atoms with Gasteiger partial charge in [0.05, 0.1) is 6.20 Å². The lowest BCUT2D eigenvalue weighted by Gasteiger charge is -2.17. The lowest BCUT2D eigenvalue weighted by molar-refractivity contribution is -0.140. The fraction of sp³-hybridized carbons (Fsp3) is 0.600. The maximum Gasteiger partial charge on any atom is 0.320 e. The van der Waals surface area contributed by atoms with Crippen LogP contribution in [0.3, 0.4) is 0 Å². The Bertz CT molecular complexity index is 333. The van der Waals surface area contributed by atoms with Crippen LogP contribution >= 0.6 is 0 Å². The highest BCUT2D eigenvalue weighted by Gasteiger charge is 2.20. The molecule has 0 bridgehead atoms. The second kappa shape index (κ2) is 4.93. The van der Waals surface area contributed by atoms with Gasteiger partial charge in [0.1, 0.15) is 6.04 Å². The number of hydrogen-bond acceptors (Lipinski definition) is 3. The first-order chi connectivity index (χ1) is 7.02. The number of carbonyl (C=O) groups is 1. The van der Waals surface area contributed by atoms with Gasteiger partial charge in [-0.05, 0) is 12.8 Å². The van der Waals surface area contributed by atoms with E-state index in [1.165, 1.54) is 0 Å². The van der Waals surface area contributed by atoms with Crippen LogP contribution in [0.25, 0.3) is 0 Å². The molecule has 5 heteroatoms. The summed E-state index contributed by atoms with van der Waals surface area (Å²) in [7, 11) is 0. The molecule has 1 rings (SSSR count). The summed E-state index contributed by atoms with van der Waals surface area (Å²) >= 11 is 0. The third-order valence-electron chi connectivity index (χ3n) is 2.38. The van der Waals surface area contributed by atoms with E-state index < -0.39 is 12.0 Å². The van der Waals surface area contributed by atoms with Crippen molar-refractivity contribution in [3.8, 4) is 0 Å². The predicted molar refractivity (Wildman–Crippen MR) is 56.4 cm³/mol. The summed E-state index contributed by atoms with van der Waals surface area (Å²) in [6.45, 7) is 6.20. The normalized spacial score (nSPS) is 13.1. The molecule has 0 amide bonds. The second-order valence-electron chi connectivity index (χ2n) is 3.96. The van der Waals surface area contributed by atoms with Crippen LogP contribution in [-0.2, 0) is 11.3 Å². The molecule has 0 saturated carbocycles. The summed E-state index contributed by atoms with van der Waals surface area (Å²) in [6.07, 6.45) is 1.71. The maximum atomic E-state index is 10.9. The smallest absolute Gasteiger partial charge is 0.320 e. The molecule has 1 heterocycles. The van der Waals surface area contributed by atoms with Gasteiger partial charge in [0.2, 0.25) is 0 Å². The summed E-state index contributed by atoms with van der Waals surface area (Å²) in [5.41, 5.74) is 1.97. The van der Waals surface area contributed by atoms with E-state index >= 15 is 0 Å². The Morgan fingerprint density at radius 2 is 2.33 bits per heavy atom. The molecule has 0 aliphatic carbocycles. The van der Waals surface area contributed by atoms with E-state index in [1.807, 2.05) is 20.8 Å². The van der Waals surface area contributed by atoms with Crippen molar-refractivity contribution in [1.29, 1.82) is 0 Å². The van der Waals surface area contributed by atoms with E-state index in [1.54, 1.807) is 6.20 Å². The number of H-pyrrole nitrogens is 1. The van der Waals surface area contributed by atoms with Crippen molar-refractivity contribution in [2.45, 2.75) is 33.4 Å². The van der Waals surface area contributed by atoms with Crippen molar-refractivity contribution >= 4 is 5.97 Å². The lowest BCUT2D eigenvalue weighted by atomic mass is 10.0. The molecular weight excluding hydrogens is 194 g/mol. The van der Waals surface area contributed by atoms with E-state index in [4.69, 9.17) is 5.11 Å². The molecule has 0 saturated heterocycles. The largest absolute Gasteiger partial charge is 0.480 e. The predicted octanol–water partition coefficient (Wildman–Crippen LogP) is 0.917. The molecule has 15 heavy (non-hydrogen) atoms. The Balaban J connectivity index is 2.55. The van der Waals surface area contributed by atoms with Crippen LogP contribution in [-0.4, -0.2) is 27.3 Å². The Morgan fingerprint density at radius 1 is 1.67 bits per heavy atom. The van der Waals surface area contributed by atoms with Crippen LogP contribution < -0.4 is 5.32 Å². The van der Waals surface area contributed by atoms with Crippen LogP contribution in [0.5, 0.6) is 0 Å². The van der Waals surface area contributed by atoms with Crippen LogP contribution in [0.15, 0.2) is 6.20 Å². The minimum atomic E-state index is -0.814. The second-order valence-corrected chi connectivity index (χ2v) is 3.96. The molecule has 0 aliphatic heterocycles. The minimum absolute atomic E-state index is 0.0645. The SMILES string of the molecule is Cc1[nH]ncc1CNC(C(=O)O)C(C)C. The van der Waals surface area contributed by atoms with Gasteiger partial charge in [-0.15, -0.1) is 0 Å². The van der Waals surface area contributed by atoms with Crippen molar-refractivity contribution in [3.05, 3.63) is 17.5 Å². The van der Waals surface area contributed by atoms with Gasteiger partial charge in [0.25, 0.3) is 0 Å². The molecule has 0 fully saturated rings. The summed E-state index contributed by atoms with van der Waals surface area (Å²) in [6, 6.07) is -0.515. The molecule has 5 nitrogen and oxygen atoms in total. The first kappa shape index (κ1) is 11.7.